The van der Waals surface area contributed by atoms with Crippen LogP contribution in [0.5, 0.6) is 0 Å². The SMILES string of the molecule is CCN(CC(C)(C)O)S(=O)(=O)CC(=O)OC. The van der Waals surface area contributed by atoms with E-state index in [1.807, 2.05) is 0 Å². The van der Waals surface area contributed by atoms with Crippen molar-refractivity contribution in [2.75, 3.05) is 26.0 Å². The quantitative estimate of drug-likeness (QED) is 0.650. The zero-order chi connectivity index (χ0) is 13.0. The molecule has 0 heterocycles. The molecule has 16 heavy (non-hydrogen) atoms. The molecule has 0 unspecified atom stereocenters. The summed E-state index contributed by atoms with van der Waals surface area (Å²) in [5.74, 6) is -1.51. The summed E-state index contributed by atoms with van der Waals surface area (Å²) in [7, 11) is -2.59. The molecule has 0 aliphatic carbocycles. The van der Waals surface area contributed by atoms with Crippen molar-refractivity contribution < 1.29 is 23.1 Å². The van der Waals surface area contributed by atoms with Gasteiger partial charge in [0.05, 0.1) is 12.7 Å². The van der Waals surface area contributed by atoms with Crippen molar-refractivity contribution in [3.05, 3.63) is 0 Å². The van der Waals surface area contributed by atoms with Crippen molar-refractivity contribution >= 4 is 16.0 Å². The van der Waals surface area contributed by atoms with Crippen LogP contribution in [0.2, 0.25) is 0 Å². The Morgan fingerprint density at radius 3 is 2.25 bits per heavy atom. The Kier molecular flexibility index (Phi) is 5.37. The van der Waals surface area contributed by atoms with Crippen LogP contribution in [-0.2, 0) is 19.6 Å². The first-order valence-corrected chi connectivity index (χ1v) is 6.50. The van der Waals surface area contributed by atoms with Crippen molar-refractivity contribution in [3.63, 3.8) is 0 Å². The summed E-state index contributed by atoms with van der Waals surface area (Å²) in [6, 6.07) is 0. The third-order valence-corrected chi connectivity index (χ3v) is 3.61. The van der Waals surface area contributed by atoms with Gasteiger partial charge in [-0.15, -0.1) is 0 Å². The number of hydrogen-bond acceptors (Lipinski definition) is 5. The standard InChI is InChI=1S/C9H19NO5S/c1-5-10(7-9(2,3)12)16(13,14)6-8(11)15-4/h12H,5-7H2,1-4H3. The number of rotatable bonds is 6. The molecule has 6 nitrogen and oxygen atoms in total. The van der Waals surface area contributed by atoms with Gasteiger partial charge in [0, 0.05) is 13.1 Å². The van der Waals surface area contributed by atoms with E-state index < -0.39 is 27.3 Å². The van der Waals surface area contributed by atoms with Crippen LogP contribution in [0.15, 0.2) is 0 Å². The first-order valence-electron chi connectivity index (χ1n) is 4.89. The molecule has 0 aliphatic heterocycles. The van der Waals surface area contributed by atoms with Crippen molar-refractivity contribution in [3.8, 4) is 0 Å². The van der Waals surface area contributed by atoms with Gasteiger partial charge in [-0.1, -0.05) is 6.92 Å². The van der Waals surface area contributed by atoms with E-state index in [2.05, 4.69) is 4.74 Å². The average Bonchev–Trinajstić information content (AvgIpc) is 2.11. The molecule has 0 aromatic heterocycles. The number of likely N-dealkylation sites (N-methyl/N-ethyl adjacent to an activating group) is 1. The van der Waals surface area contributed by atoms with Crippen LogP contribution < -0.4 is 0 Å². The maximum Gasteiger partial charge on any atom is 0.322 e. The molecule has 0 saturated heterocycles. The number of carbonyl (C=O) groups excluding carboxylic acids is 1. The third kappa shape index (κ3) is 5.43. The molecule has 0 rings (SSSR count). The van der Waals surface area contributed by atoms with Gasteiger partial charge in [0.1, 0.15) is 0 Å². The molecule has 0 aromatic carbocycles. The topological polar surface area (TPSA) is 83.9 Å². The lowest BCUT2D eigenvalue weighted by atomic mass is 10.1. The van der Waals surface area contributed by atoms with E-state index >= 15 is 0 Å². The lowest BCUT2D eigenvalue weighted by Crippen LogP contribution is -2.44. The molecule has 7 heteroatoms. The number of ether oxygens (including phenoxy) is 1. The second kappa shape index (κ2) is 5.60. The van der Waals surface area contributed by atoms with E-state index in [-0.39, 0.29) is 13.1 Å². The maximum atomic E-state index is 11.7. The summed E-state index contributed by atoms with van der Waals surface area (Å²) >= 11 is 0. The first-order chi connectivity index (χ1) is 7.12. The number of carbonyl (C=O) groups is 1. The summed E-state index contributed by atoms with van der Waals surface area (Å²) in [6.45, 7) is 4.79. The van der Waals surface area contributed by atoms with E-state index in [0.717, 1.165) is 11.4 Å². The molecule has 0 atom stereocenters. The molecular formula is C9H19NO5S. The molecule has 0 bridgehead atoms. The summed E-state index contributed by atoms with van der Waals surface area (Å²) in [5.41, 5.74) is -1.14. The van der Waals surface area contributed by atoms with E-state index in [0.29, 0.717) is 0 Å². The fourth-order valence-electron chi connectivity index (χ4n) is 1.14. The summed E-state index contributed by atoms with van der Waals surface area (Å²) in [4.78, 5) is 10.9. The summed E-state index contributed by atoms with van der Waals surface area (Å²) < 4.78 is 28.8. The highest BCUT2D eigenvalue weighted by molar-refractivity contribution is 7.89. The molecular weight excluding hydrogens is 234 g/mol. The van der Waals surface area contributed by atoms with Gasteiger partial charge in [-0.3, -0.25) is 4.79 Å². The van der Waals surface area contributed by atoms with Crippen LogP contribution >= 0.6 is 0 Å². The normalized spacial score (nSPS) is 12.9. The van der Waals surface area contributed by atoms with Crippen LogP contribution in [0, 0.1) is 0 Å². The van der Waals surface area contributed by atoms with Crippen molar-refractivity contribution in [1.82, 2.24) is 4.31 Å². The summed E-state index contributed by atoms with van der Waals surface area (Å²) in [6.07, 6.45) is 0. The van der Waals surface area contributed by atoms with E-state index in [9.17, 15) is 18.3 Å². The number of methoxy groups -OCH3 is 1. The molecule has 0 aliphatic rings. The zero-order valence-corrected chi connectivity index (χ0v) is 10.9. The van der Waals surface area contributed by atoms with Crippen molar-refractivity contribution in [1.29, 1.82) is 0 Å². The Bertz CT molecular complexity index is 330. The molecule has 0 amide bonds. The predicted molar refractivity (Wildman–Crippen MR) is 59.3 cm³/mol. The monoisotopic (exact) mass is 253 g/mol. The second-order valence-corrected chi connectivity index (χ2v) is 6.04. The highest BCUT2D eigenvalue weighted by atomic mass is 32.2. The Labute approximate surface area is 96.2 Å². The van der Waals surface area contributed by atoms with Gasteiger partial charge < -0.3 is 9.84 Å². The molecule has 0 fully saturated rings. The summed E-state index contributed by atoms with van der Waals surface area (Å²) in [5, 5.41) is 9.55. The van der Waals surface area contributed by atoms with E-state index in [1.54, 1.807) is 6.92 Å². The fourth-order valence-corrected chi connectivity index (χ4v) is 2.64. The number of aliphatic hydroxyl groups is 1. The van der Waals surface area contributed by atoms with E-state index in [4.69, 9.17) is 0 Å². The Balaban J connectivity index is 4.75. The van der Waals surface area contributed by atoms with Gasteiger partial charge in [-0.05, 0) is 13.8 Å². The molecule has 0 aromatic rings. The van der Waals surface area contributed by atoms with Crippen molar-refractivity contribution in [2.45, 2.75) is 26.4 Å². The number of hydrogen-bond donors (Lipinski definition) is 1. The minimum absolute atomic E-state index is 0.0528. The molecule has 0 saturated carbocycles. The van der Waals surface area contributed by atoms with Crippen molar-refractivity contribution in [2.24, 2.45) is 0 Å². The molecule has 0 spiro atoms. The minimum Gasteiger partial charge on any atom is -0.468 e. The van der Waals surface area contributed by atoms with Crippen LogP contribution in [0.3, 0.4) is 0 Å². The van der Waals surface area contributed by atoms with Crippen LogP contribution in [0.4, 0.5) is 0 Å². The molecule has 96 valence electrons. The second-order valence-electron chi connectivity index (χ2n) is 4.07. The maximum absolute atomic E-state index is 11.7. The number of nitrogens with zero attached hydrogens (tertiary/aromatic N) is 1. The first kappa shape index (κ1) is 15.3. The fraction of sp³-hybridized carbons (Fsp3) is 0.889. The lowest BCUT2D eigenvalue weighted by Gasteiger charge is -2.26. The van der Waals surface area contributed by atoms with Crippen LogP contribution in [0.1, 0.15) is 20.8 Å². The minimum atomic E-state index is -3.72. The van der Waals surface area contributed by atoms with Crippen LogP contribution in [0.25, 0.3) is 0 Å². The average molecular weight is 253 g/mol. The van der Waals surface area contributed by atoms with Gasteiger partial charge >= 0.3 is 5.97 Å². The van der Waals surface area contributed by atoms with Gasteiger partial charge in [-0.25, -0.2) is 8.42 Å². The van der Waals surface area contributed by atoms with Gasteiger partial charge in [0.2, 0.25) is 10.0 Å². The Morgan fingerprint density at radius 1 is 1.44 bits per heavy atom. The largest absolute Gasteiger partial charge is 0.468 e. The smallest absolute Gasteiger partial charge is 0.322 e. The lowest BCUT2D eigenvalue weighted by molar-refractivity contribution is -0.137. The number of esters is 1. The predicted octanol–water partition coefficient (Wildman–Crippen LogP) is -0.418. The molecule has 0 radical (unpaired) electrons. The Hall–Kier alpha value is -0.660. The third-order valence-electron chi connectivity index (χ3n) is 1.84. The zero-order valence-electron chi connectivity index (χ0n) is 10.1. The number of sulfonamides is 1. The van der Waals surface area contributed by atoms with Gasteiger partial charge in [0.25, 0.3) is 0 Å². The van der Waals surface area contributed by atoms with Gasteiger partial charge in [0.15, 0.2) is 5.75 Å². The van der Waals surface area contributed by atoms with Gasteiger partial charge in [-0.2, -0.15) is 4.31 Å². The highest BCUT2D eigenvalue weighted by Gasteiger charge is 2.29. The molecule has 1 N–H and O–H groups in total. The van der Waals surface area contributed by atoms with E-state index in [1.165, 1.54) is 13.8 Å². The highest BCUT2D eigenvalue weighted by Crippen LogP contribution is 2.10. The Morgan fingerprint density at radius 2 is 1.94 bits per heavy atom. The van der Waals surface area contributed by atoms with Crippen LogP contribution in [-0.4, -0.2) is 55.4 Å².